The Morgan fingerprint density at radius 2 is 2.14 bits per heavy atom. The van der Waals surface area contributed by atoms with Crippen LogP contribution in [0.15, 0.2) is 23.1 Å². The molecule has 1 amide bonds. The number of carbonyl (C=O) groups excluding carboxylic acids is 1. The third kappa shape index (κ3) is 3.74. The summed E-state index contributed by atoms with van der Waals surface area (Å²) in [5.41, 5.74) is 5.90. The molecule has 0 atom stereocenters. The molecular formula is C14H21N3O3S. The van der Waals surface area contributed by atoms with E-state index in [0.29, 0.717) is 0 Å². The number of primary amides is 1. The summed E-state index contributed by atoms with van der Waals surface area (Å²) in [6.07, 6.45) is 1.55. The number of hydrogen-bond acceptors (Lipinski definition) is 4. The molecule has 116 valence electrons. The van der Waals surface area contributed by atoms with Gasteiger partial charge in [0.25, 0.3) is 0 Å². The van der Waals surface area contributed by atoms with Gasteiger partial charge in [0.05, 0.1) is 4.90 Å². The Morgan fingerprint density at radius 3 is 2.81 bits per heavy atom. The van der Waals surface area contributed by atoms with Gasteiger partial charge in [0.2, 0.25) is 15.9 Å². The standard InChI is InChI=1S/C14H21N3O3S/c1-14(2,9-13(15)18)17-21(19,20)12-7-3-6-11-10(12)5-4-8-16-11/h3,6-7,16-17H,4-5,8-9H2,1-2H3,(H2,15,18). The smallest absolute Gasteiger partial charge is 0.241 e. The van der Waals surface area contributed by atoms with Gasteiger partial charge in [-0.05, 0) is 44.4 Å². The number of nitrogens with two attached hydrogens (primary N) is 1. The second-order valence-electron chi connectivity index (χ2n) is 5.95. The molecule has 2 rings (SSSR count). The van der Waals surface area contributed by atoms with E-state index in [9.17, 15) is 13.2 Å². The largest absolute Gasteiger partial charge is 0.385 e. The second-order valence-corrected chi connectivity index (χ2v) is 7.60. The molecule has 1 aromatic carbocycles. The summed E-state index contributed by atoms with van der Waals surface area (Å²) in [5.74, 6) is -0.542. The summed E-state index contributed by atoms with van der Waals surface area (Å²) >= 11 is 0. The van der Waals surface area contributed by atoms with Gasteiger partial charge >= 0.3 is 0 Å². The van der Waals surface area contributed by atoms with Crippen LogP contribution >= 0.6 is 0 Å². The zero-order chi connectivity index (χ0) is 15.7. The molecule has 0 fully saturated rings. The molecule has 0 unspecified atom stereocenters. The lowest BCUT2D eigenvalue weighted by molar-refractivity contribution is -0.119. The van der Waals surface area contributed by atoms with Gasteiger partial charge in [0.15, 0.2) is 0 Å². The van der Waals surface area contributed by atoms with Crippen molar-refractivity contribution >= 4 is 21.6 Å². The van der Waals surface area contributed by atoms with E-state index in [4.69, 9.17) is 5.73 Å². The molecule has 0 aliphatic carbocycles. The number of sulfonamides is 1. The third-order valence-electron chi connectivity index (χ3n) is 3.37. The number of carbonyl (C=O) groups is 1. The number of nitrogens with one attached hydrogen (secondary N) is 2. The van der Waals surface area contributed by atoms with Crippen molar-refractivity contribution in [2.75, 3.05) is 11.9 Å². The van der Waals surface area contributed by atoms with Crippen molar-refractivity contribution in [2.24, 2.45) is 5.73 Å². The molecule has 4 N–H and O–H groups in total. The highest BCUT2D eigenvalue weighted by atomic mass is 32.2. The van der Waals surface area contributed by atoms with E-state index >= 15 is 0 Å². The van der Waals surface area contributed by atoms with Crippen molar-refractivity contribution in [1.29, 1.82) is 0 Å². The first kappa shape index (κ1) is 15.8. The highest BCUT2D eigenvalue weighted by molar-refractivity contribution is 7.89. The van der Waals surface area contributed by atoms with E-state index in [1.165, 1.54) is 0 Å². The molecule has 0 spiro atoms. The molecule has 0 radical (unpaired) electrons. The maximum atomic E-state index is 12.6. The molecule has 1 aliphatic heterocycles. The summed E-state index contributed by atoms with van der Waals surface area (Å²) < 4.78 is 27.8. The quantitative estimate of drug-likeness (QED) is 0.754. The van der Waals surface area contributed by atoms with Crippen molar-refractivity contribution in [3.8, 4) is 0 Å². The summed E-state index contributed by atoms with van der Waals surface area (Å²) in [5, 5.41) is 3.20. The fourth-order valence-electron chi connectivity index (χ4n) is 2.62. The number of benzene rings is 1. The minimum Gasteiger partial charge on any atom is -0.385 e. The summed E-state index contributed by atoms with van der Waals surface area (Å²) in [6, 6.07) is 5.18. The first-order valence-electron chi connectivity index (χ1n) is 6.89. The van der Waals surface area contributed by atoms with Crippen LogP contribution in [-0.2, 0) is 21.2 Å². The maximum Gasteiger partial charge on any atom is 0.241 e. The van der Waals surface area contributed by atoms with Crippen molar-refractivity contribution in [2.45, 2.75) is 43.5 Å². The van der Waals surface area contributed by atoms with Crippen LogP contribution in [0.1, 0.15) is 32.3 Å². The third-order valence-corrected chi connectivity index (χ3v) is 5.15. The number of anilines is 1. The Hall–Kier alpha value is -1.60. The molecule has 1 aliphatic rings. The van der Waals surface area contributed by atoms with Crippen LogP contribution in [0.5, 0.6) is 0 Å². The van der Waals surface area contributed by atoms with Crippen molar-refractivity contribution in [3.05, 3.63) is 23.8 Å². The molecular weight excluding hydrogens is 290 g/mol. The number of fused-ring (bicyclic) bond motifs is 1. The first-order valence-corrected chi connectivity index (χ1v) is 8.38. The van der Waals surface area contributed by atoms with Crippen LogP contribution in [-0.4, -0.2) is 26.4 Å². The van der Waals surface area contributed by atoms with E-state index in [0.717, 1.165) is 30.6 Å². The summed E-state index contributed by atoms with van der Waals surface area (Å²) in [4.78, 5) is 11.3. The predicted molar refractivity (Wildman–Crippen MR) is 81.5 cm³/mol. The first-order chi connectivity index (χ1) is 9.71. The van der Waals surface area contributed by atoms with Crippen LogP contribution in [0.4, 0.5) is 5.69 Å². The number of rotatable bonds is 5. The molecule has 7 heteroatoms. The lowest BCUT2D eigenvalue weighted by atomic mass is 10.0. The Kier molecular flexibility index (Phi) is 4.25. The molecule has 1 aromatic rings. The zero-order valence-corrected chi connectivity index (χ0v) is 13.1. The van der Waals surface area contributed by atoms with Gasteiger partial charge in [-0.25, -0.2) is 13.1 Å². The lowest BCUT2D eigenvalue weighted by Gasteiger charge is -2.26. The fourth-order valence-corrected chi connectivity index (χ4v) is 4.32. The molecule has 1 heterocycles. The van der Waals surface area contributed by atoms with Crippen molar-refractivity contribution in [1.82, 2.24) is 4.72 Å². The van der Waals surface area contributed by atoms with Gasteiger partial charge in [-0.2, -0.15) is 0 Å². The molecule has 6 nitrogen and oxygen atoms in total. The maximum absolute atomic E-state index is 12.6. The summed E-state index contributed by atoms with van der Waals surface area (Å²) in [6.45, 7) is 4.13. The van der Waals surface area contributed by atoms with Gasteiger partial charge in [-0.1, -0.05) is 6.07 Å². The highest BCUT2D eigenvalue weighted by Crippen LogP contribution is 2.29. The Balaban J connectivity index is 2.34. The van der Waals surface area contributed by atoms with Crippen LogP contribution in [0, 0.1) is 0 Å². The minimum absolute atomic E-state index is 0.0560. The van der Waals surface area contributed by atoms with Crippen LogP contribution in [0.2, 0.25) is 0 Å². The monoisotopic (exact) mass is 311 g/mol. The van der Waals surface area contributed by atoms with Crippen molar-refractivity contribution in [3.63, 3.8) is 0 Å². The second kappa shape index (κ2) is 5.65. The fraction of sp³-hybridized carbons (Fsp3) is 0.500. The van der Waals surface area contributed by atoms with Gasteiger partial charge in [-0.3, -0.25) is 4.79 Å². The predicted octanol–water partition coefficient (Wildman–Crippen LogP) is 0.977. The van der Waals surface area contributed by atoms with Crippen LogP contribution in [0.3, 0.4) is 0 Å². The van der Waals surface area contributed by atoms with Crippen LogP contribution < -0.4 is 15.8 Å². The highest BCUT2D eigenvalue weighted by Gasteiger charge is 2.30. The normalized spacial score (nSPS) is 15.1. The Morgan fingerprint density at radius 1 is 1.43 bits per heavy atom. The summed E-state index contributed by atoms with van der Waals surface area (Å²) in [7, 11) is -3.70. The van der Waals surface area contributed by atoms with Gasteiger partial charge in [0.1, 0.15) is 0 Å². The lowest BCUT2D eigenvalue weighted by Crippen LogP contribution is -2.46. The zero-order valence-electron chi connectivity index (χ0n) is 12.3. The van der Waals surface area contributed by atoms with E-state index in [-0.39, 0.29) is 11.3 Å². The Bertz CT molecular complexity index is 653. The average molecular weight is 311 g/mol. The van der Waals surface area contributed by atoms with Gasteiger partial charge in [-0.15, -0.1) is 0 Å². The van der Waals surface area contributed by atoms with E-state index < -0.39 is 21.5 Å². The molecule has 0 saturated carbocycles. The number of amides is 1. The Labute approximate surface area is 125 Å². The average Bonchev–Trinajstić information content (AvgIpc) is 2.35. The van der Waals surface area contributed by atoms with Crippen molar-refractivity contribution < 1.29 is 13.2 Å². The molecule has 0 saturated heterocycles. The molecule has 0 bridgehead atoms. The number of hydrogen-bond donors (Lipinski definition) is 3. The van der Waals surface area contributed by atoms with Gasteiger partial charge < -0.3 is 11.1 Å². The van der Waals surface area contributed by atoms with E-state index in [2.05, 4.69) is 10.0 Å². The minimum atomic E-state index is -3.70. The van der Waals surface area contributed by atoms with E-state index in [1.807, 2.05) is 6.07 Å². The SMILES string of the molecule is CC(C)(CC(N)=O)NS(=O)(=O)c1cccc2c1CCCN2. The van der Waals surface area contributed by atoms with Gasteiger partial charge in [0, 0.05) is 24.2 Å². The topological polar surface area (TPSA) is 101 Å². The van der Waals surface area contributed by atoms with Crippen LogP contribution in [0.25, 0.3) is 0 Å². The molecule has 21 heavy (non-hydrogen) atoms. The van der Waals surface area contributed by atoms with E-state index in [1.54, 1.807) is 26.0 Å². The molecule has 0 aromatic heterocycles.